The molecule has 1 rings (SSSR count). The zero-order valence-electron chi connectivity index (χ0n) is 10.3. The van der Waals surface area contributed by atoms with Gasteiger partial charge in [0.15, 0.2) is 0 Å². The lowest BCUT2D eigenvalue weighted by atomic mass is 10.4. The van der Waals surface area contributed by atoms with Crippen molar-refractivity contribution in [2.24, 2.45) is 0 Å². The Morgan fingerprint density at radius 2 is 1.44 bits per heavy atom. The van der Waals surface area contributed by atoms with E-state index in [2.05, 4.69) is 38.1 Å². The summed E-state index contributed by atoms with van der Waals surface area (Å²) >= 11 is 3.91. The Labute approximate surface area is 109 Å². The molecule has 0 atom stereocenters. The maximum Gasteiger partial charge on any atom is 0.00892 e. The van der Waals surface area contributed by atoms with Gasteiger partial charge in [0.25, 0.3) is 0 Å². The largest absolute Gasteiger partial charge is 0.126 e. The minimum Gasteiger partial charge on any atom is -0.126 e. The maximum absolute atomic E-state index is 3.24. The number of hydrogen-bond acceptors (Lipinski definition) is 2. The molecule has 16 heavy (non-hydrogen) atoms. The zero-order chi connectivity index (χ0) is 11.6. The van der Waals surface area contributed by atoms with Crippen molar-refractivity contribution in [3.8, 4) is 0 Å². The Morgan fingerprint density at radius 3 is 1.88 bits per heavy atom. The van der Waals surface area contributed by atoms with Crippen LogP contribution in [-0.2, 0) is 0 Å². The first-order valence-corrected chi connectivity index (χ1v) is 8.10. The second kappa shape index (κ2) is 9.00. The first kappa shape index (κ1) is 14.0. The number of rotatable bonds is 8. The predicted molar refractivity (Wildman–Crippen MR) is 76.5 cm³/mol. The molecule has 0 aliphatic carbocycles. The molecule has 0 aliphatic heterocycles. The third-order valence-corrected chi connectivity index (χ3v) is 4.39. The van der Waals surface area contributed by atoms with Crippen molar-refractivity contribution in [3.63, 3.8) is 0 Å². The fourth-order valence-corrected chi connectivity index (χ4v) is 3.40. The summed E-state index contributed by atoms with van der Waals surface area (Å²) in [5.41, 5.74) is 0. The van der Waals surface area contributed by atoms with Gasteiger partial charge in [-0.15, -0.1) is 23.5 Å². The van der Waals surface area contributed by atoms with Crippen LogP contribution in [0.4, 0.5) is 0 Å². The van der Waals surface area contributed by atoms with Crippen LogP contribution in [0, 0.1) is 6.07 Å². The number of benzene rings is 1. The first-order chi connectivity index (χ1) is 7.86. The van der Waals surface area contributed by atoms with Gasteiger partial charge in [-0.1, -0.05) is 26.7 Å². The summed E-state index contributed by atoms with van der Waals surface area (Å²) in [6, 6.07) is 9.75. The zero-order valence-corrected chi connectivity index (χ0v) is 11.9. The normalized spacial score (nSPS) is 10.6. The van der Waals surface area contributed by atoms with E-state index in [1.165, 1.54) is 47.0 Å². The lowest BCUT2D eigenvalue weighted by Crippen LogP contribution is -1.81. The molecule has 89 valence electrons. The van der Waals surface area contributed by atoms with Crippen molar-refractivity contribution >= 4 is 23.5 Å². The SMILES string of the molecule is CCCCSc1c[c]cc(SCCCC)c1. The summed E-state index contributed by atoms with van der Waals surface area (Å²) in [6.45, 7) is 4.48. The second-order valence-corrected chi connectivity index (χ2v) is 6.15. The molecule has 0 heterocycles. The van der Waals surface area contributed by atoms with Crippen molar-refractivity contribution < 1.29 is 0 Å². The number of thioether (sulfide) groups is 2. The molecule has 0 saturated heterocycles. The van der Waals surface area contributed by atoms with Gasteiger partial charge in [0.1, 0.15) is 0 Å². The van der Waals surface area contributed by atoms with Gasteiger partial charge in [-0.05, 0) is 48.6 Å². The van der Waals surface area contributed by atoms with Gasteiger partial charge in [-0.2, -0.15) is 0 Å². The van der Waals surface area contributed by atoms with Crippen molar-refractivity contribution in [1.82, 2.24) is 0 Å². The molecule has 0 saturated carbocycles. The summed E-state index contributed by atoms with van der Waals surface area (Å²) in [7, 11) is 0. The van der Waals surface area contributed by atoms with Crippen molar-refractivity contribution in [2.75, 3.05) is 11.5 Å². The van der Waals surface area contributed by atoms with Gasteiger partial charge in [0.2, 0.25) is 0 Å². The summed E-state index contributed by atoms with van der Waals surface area (Å²) < 4.78 is 0. The third-order valence-electron chi connectivity index (χ3n) is 2.27. The number of unbranched alkanes of at least 4 members (excludes halogenated alkanes) is 2. The van der Waals surface area contributed by atoms with Crippen LogP contribution < -0.4 is 0 Å². The Balaban J connectivity index is 2.37. The predicted octanol–water partition coefficient (Wildman–Crippen LogP) is 5.27. The molecule has 0 aromatic heterocycles. The Hall–Kier alpha value is -0.0800. The van der Waals surface area contributed by atoms with E-state index in [0.29, 0.717) is 0 Å². The lowest BCUT2D eigenvalue weighted by Gasteiger charge is -2.04. The Morgan fingerprint density at radius 1 is 0.938 bits per heavy atom. The van der Waals surface area contributed by atoms with E-state index in [-0.39, 0.29) is 0 Å². The van der Waals surface area contributed by atoms with Crippen LogP contribution in [0.3, 0.4) is 0 Å². The second-order valence-electron chi connectivity index (χ2n) is 3.81. The quantitative estimate of drug-likeness (QED) is 0.457. The van der Waals surface area contributed by atoms with E-state index in [0.717, 1.165) is 0 Å². The molecule has 0 amide bonds. The molecule has 2 heteroatoms. The molecule has 0 spiro atoms. The molecule has 0 unspecified atom stereocenters. The molecular formula is C14H21S2. The Bertz CT molecular complexity index is 259. The van der Waals surface area contributed by atoms with Gasteiger partial charge in [0.05, 0.1) is 0 Å². The van der Waals surface area contributed by atoms with Crippen LogP contribution >= 0.6 is 23.5 Å². The molecule has 0 aliphatic rings. The molecule has 0 N–H and O–H groups in total. The average Bonchev–Trinajstić information content (AvgIpc) is 2.30. The highest BCUT2D eigenvalue weighted by Gasteiger charge is 1.97. The smallest absolute Gasteiger partial charge is 0.00892 e. The van der Waals surface area contributed by atoms with Gasteiger partial charge in [-0.3, -0.25) is 0 Å². The van der Waals surface area contributed by atoms with Crippen molar-refractivity contribution in [1.29, 1.82) is 0 Å². The summed E-state index contributed by atoms with van der Waals surface area (Å²) in [4.78, 5) is 2.74. The highest BCUT2D eigenvalue weighted by molar-refractivity contribution is 8.00. The average molecular weight is 253 g/mol. The third kappa shape index (κ3) is 5.86. The molecule has 0 nitrogen and oxygen atoms in total. The highest BCUT2D eigenvalue weighted by atomic mass is 32.2. The molecular weight excluding hydrogens is 232 g/mol. The van der Waals surface area contributed by atoms with Gasteiger partial charge < -0.3 is 0 Å². The van der Waals surface area contributed by atoms with Crippen LogP contribution in [-0.4, -0.2) is 11.5 Å². The van der Waals surface area contributed by atoms with E-state index >= 15 is 0 Å². The minimum absolute atomic E-state index is 1.23. The summed E-state index contributed by atoms with van der Waals surface area (Å²) in [6.07, 6.45) is 5.17. The summed E-state index contributed by atoms with van der Waals surface area (Å²) in [5.74, 6) is 2.46. The van der Waals surface area contributed by atoms with Gasteiger partial charge in [0, 0.05) is 9.79 Å². The van der Waals surface area contributed by atoms with Crippen LogP contribution in [0.1, 0.15) is 39.5 Å². The fourth-order valence-electron chi connectivity index (χ4n) is 1.26. The minimum atomic E-state index is 1.23. The van der Waals surface area contributed by atoms with Crippen LogP contribution in [0.2, 0.25) is 0 Å². The lowest BCUT2D eigenvalue weighted by molar-refractivity contribution is 0.895. The van der Waals surface area contributed by atoms with Crippen molar-refractivity contribution in [3.05, 3.63) is 24.3 Å². The summed E-state index contributed by atoms with van der Waals surface area (Å²) in [5, 5.41) is 0. The van der Waals surface area contributed by atoms with Crippen LogP contribution in [0.5, 0.6) is 0 Å². The molecule has 0 bridgehead atoms. The Kier molecular flexibility index (Phi) is 7.87. The van der Waals surface area contributed by atoms with E-state index in [1.54, 1.807) is 0 Å². The van der Waals surface area contributed by atoms with E-state index < -0.39 is 0 Å². The van der Waals surface area contributed by atoms with Crippen LogP contribution in [0.25, 0.3) is 0 Å². The van der Waals surface area contributed by atoms with E-state index in [9.17, 15) is 0 Å². The molecule has 1 radical (unpaired) electrons. The highest BCUT2D eigenvalue weighted by Crippen LogP contribution is 2.26. The molecule has 0 fully saturated rings. The standard InChI is InChI=1S/C14H21S2/c1-3-5-10-15-13-8-7-9-14(12-13)16-11-6-4-2/h8-9,12H,3-6,10-11H2,1-2H3. The topological polar surface area (TPSA) is 0 Å². The molecule has 1 aromatic rings. The van der Waals surface area contributed by atoms with Gasteiger partial charge in [-0.25, -0.2) is 0 Å². The van der Waals surface area contributed by atoms with E-state index in [4.69, 9.17) is 0 Å². The van der Waals surface area contributed by atoms with E-state index in [1.807, 2.05) is 23.5 Å². The van der Waals surface area contributed by atoms with Crippen molar-refractivity contribution in [2.45, 2.75) is 49.3 Å². The fraction of sp³-hybridized carbons (Fsp3) is 0.571. The number of hydrogen-bond donors (Lipinski definition) is 0. The van der Waals surface area contributed by atoms with Gasteiger partial charge >= 0.3 is 0 Å². The monoisotopic (exact) mass is 253 g/mol. The molecule has 1 aromatic carbocycles. The first-order valence-electron chi connectivity index (χ1n) is 6.13. The van der Waals surface area contributed by atoms with Crippen LogP contribution in [0.15, 0.2) is 28.0 Å². The maximum atomic E-state index is 3.24.